The van der Waals surface area contributed by atoms with E-state index in [2.05, 4.69) is 15.8 Å². The van der Waals surface area contributed by atoms with Gasteiger partial charge in [-0.2, -0.15) is 5.10 Å². The number of hydrogen-bond acceptors (Lipinski definition) is 8. The second kappa shape index (κ2) is 8.76. The summed E-state index contributed by atoms with van der Waals surface area (Å²) in [4.78, 5) is 22.4. The first-order valence-corrected chi connectivity index (χ1v) is 9.37. The number of carbonyl (C=O) groups excluding carboxylic acids is 1. The van der Waals surface area contributed by atoms with Gasteiger partial charge in [0.2, 0.25) is 6.79 Å². The lowest BCUT2D eigenvalue weighted by molar-refractivity contribution is -0.384. The van der Waals surface area contributed by atoms with Gasteiger partial charge in [0.25, 0.3) is 11.6 Å². The van der Waals surface area contributed by atoms with E-state index in [0.29, 0.717) is 34.3 Å². The minimum Gasteiger partial charge on any atom is -0.455 e. The molecular formula is C20H15ClN4O6. The molecule has 0 fully saturated rings. The van der Waals surface area contributed by atoms with Gasteiger partial charge in [0.05, 0.1) is 17.7 Å². The van der Waals surface area contributed by atoms with Crippen LogP contribution < -0.4 is 20.2 Å². The largest absolute Gasteiger partial charge is 0.455 e. The molecule has 1 aromatic heterocycles. The topological polar surface area (TPSA) is 128 Å². The molecule has 0 spiro atoms. The number of carbonyl (C=O) groups is 1. The number of ether oxygens (including phenoxy) is 2. The van der Waals surface area contributed by atoms with Crippen molar-refractivity contribution in [2.24, 2.45) is 5.10 Å². The number of rotatable bonds is 7. The third-order valence-electron chi connectivity index (χ3n) is 4.26. The molecule has 31 heavy (non-hydrogen) atoms. The second-order valence-corrected chi connectivity index (χ2v) is 6.75. The quantitative estimate of drug-likeness (QED) is 0.323. The summed E-state index contributed by atoms with van der Waals surface area (Å²) < 4.78 is 16.1. The lowest BCUT2D eigenvalue weighted by Crippen LogP contribution is -2.25. The molecule has 0 unspecified atom stereocenters. The number of nitro groups is 1. The molecule has 0 saturated carbocycles. The van der Waals surface area contributed by atoms with Crippen LogP contribution in [0.25, 0.3) is 11.3 Å². The van der Waals surface area contributed by atoms with Gasteiger partial charge in [-0.1, -0.05) is 11.6 Å². The molecular weight excluding hydrogens is 428 g/mol. The van der Waals surface area contributed by atoms with Crippen LogP contribution in [0.3, 0.4) is 0 Å². The van der Waals surface area contributed by atoms with Crippen molar-refractivity contribution in [3.8, 4) is 22.8 Å². The molecule has 4 rings (SSSR count). The molecule has 3 aromatic rings. The van der Waals surface area contributed by atoms with E-state index in [1.54, 1.807) is 36.4 Å². The highest BCUT2D eigenvalue weighted by Crippen LogP contribution is 2.34. The Balaban J connectivity index is 1.31. The second-order valence-electron chi connectivity index (χ2n) is 6.34. The van der Waals surface area contributed by atoms with E-state index in [-0.39, 0.29) is 30.0 Å². The van der Waals surface area contributed by atoms with E-state index < -0.39 is 4.92 Å². The van der Waals surface area contributed by atoms with Crippen LogP contribution in [0, 0.1) is 10.1 Å². The molecule has 2 N–H and O–H groups in total. The van der Waals surface area contributed by atoms with Gasteiger partial charge < -0.3 is 19.2 Å². The van der Waals surface area contributed by atoms with Gasteiger partial charge in [-0.25, -0.2) is 5.43 Å². The highest BCUT2D eigenvalue weighted by Gasteiger charge is 2.15. The van der Waals surface area contributed by atoms with E-state index in [4.69, 9.17) is 25.5 Å². The lowest BCUT2D eigenvalue weighted by atomic mass is 10.1. The van der Waals surface area contributed by atoms with Crippen molar-refractivity contribution in [1.82, 2.24) is 5.43 Å². The number of amides is 1. The van der Waals surface area contributed by atoms with E-state index >= 15 is 0 Å². The van der Waals surface area contributed by atoms with Crippen LogP contribution in [0.4, 0.5) is 11.4 Å². The van der Waals surface area contributed by atoms with Crippen LogP contribution in [0.2, 0.25) is 5.02 Å². The molecule has 0 aliphatic carbocycles. The number of anilines is 1. The van der Waals surface area contributed by atoms with E-state index in [9.17, 15) is 14.9 Å². The molecule has 158 valence electrons. The van der Waals surface area contributed by atoms with Crippen molar-refractivity contribution in [3.05, 3.63) is 69.4 Å². The molecule has 0 radical (unpaired) electrons. The number of furan rings is 1. The number of benzene rings is 2. The monoisotopic (exact) mass is 442 g/mol. The first-order valence-electron chi connectivity index (χ1n) is 8.99. The summed E-state index contributed by atoms with van der Waals surface area (Å²) in [5.41, 5.74) is 3.36. The molecule has 2 heterocycles. The maximum atomic E-state index is 11.9. The van der Waals surface area contributed by atoms with Crippen molar-refractivity contribution < 1.29 is 23.6 Å². The van der Waals surface area contributed by atoms with Crippen LogP contribution in [0.5, 0.6) is 11.5 Å². The standard InChI is InChI=1S/C20H15ClN4O6/c21-15-4-1-12(7-16(15)25(27)28)17-6-3-14(31-17)9-23-24-20(26)10-22-13-2-5-18-19(8-13)30-11-29-18/h1-9,22H,10-11H2,(H,24,26)/b23-9-. The SMILES string of the molecule is O=C(CNc1ccc2c(c1)OCO2)N/N=C\c1ccc(-c2ccc(Cl)c([N+](=O)[O-])c2)o1. The lowest BCUT2D eigenvalue weighted by Gasteiger charge is -2.06. The zero-order valence-corrected chi connectivity index (χ0v) is 16.6. The maximum absolute atomic E-state index is 11.9. The number of nitrogens with zero attached hydrogens (tertiary/aromatic N) is 2. The molecule has 10 nitrogen and oxygen atoms in total. The van der Waals surface area contributed by atoms with Crippen molar-refractivity contribution in [2.75, 3.05) is 18.7 Å². The first-order chi connectivity index (χ1) is 15.0. The van der Waals surface area contributed by atoms with Crippen LogP contribution >= 0.6 is 11.6 Å². The van der Waals surface area contributed by atoms with E-state index in [1.807, 2.05) is 0 Å². The third kappa shape index (κ3) is 4.75. The fourth-order valence-corrected chi connectivity index (χ4v) is 2.97. The summed E-state index contributed by atoms with van der Waals surface area (Å²) in [5.74, 6) is 1.66. The fraction of sp³-hybridized carbons (Fsp3) is 0.100. The predicted molar refractivity (Wildman–Crippen MR) is 113 cm³/mol. The Bertz CT molecular complexity index is 1180. The minimum absolute atomic E-state index is 0.00513. The van der Waals surface area contributed by atoms with Crippen molar-refractivity contribution in [1.29, 1.82) is 0 Å². The van der Waals surface area contributed by atoms with Crippen molar-refractivity contribution in [3.63, 3.8) is 0 Å². The summed E-state index contributed by atoms with van der Waals surface area (Å²) >= 11 is 5.82. The number of nitro benzene ring substituents is 1. The average molecular weight is 443 g/mol. The van der Waals surface area contributed by atoms with E-state index in [0.717, 1.165) is 0 Å². The Kier molecular flexibility index (Phi) is 5.72. The molecule has 0 saturated heterocycles. The molecule has 1 amide bonds. The van der Waals surface area contributed by atoms with Gasteiger partial charge in [-0.15, -0.1) is 0 Å². The Morgan fingerprint density at radius 2 is 2.00 bits per heavy atom. The maximum Gasteiger partial charge on any atom is 0.288 e. The average Bonchev–Trinajstić information content (AvgIpc) is 3.41. The zero-order chi connectivity index (χ0) is 21.8. The Morgan fingerprint density at radius 3 is 2.84 bits per heavy atom. The zero-order valence-electron chi connectivity index (χ0n) is 15.8. The van der Waals surface area contributed by atoms with Gasteiger partial charge in [-0.05, 0) is 36.4 Å². The van der Waals surface area contributed by atoms with Crippen molar-refractivity contribution in [2.45, 2.75) is 0 Å². The third-order valence-corrected chi connectivity index (χ3v) is 4.58. The summed E-state index contributed by atoms with van der Waals surface area (Å²) in [5, 5.41) is 17.9. The van der Waals surface area contributed by atoms with Crippen LogP contribution in [0.1, 0.15) is 5.76 Å². The fourth-order valence-electron chi connectivity index (χ4n) is 2.78. The Hall–Kier alpha value is -4.05. The molecule has 0 bridgehead atoms. The van der Waals surface area contributed by atoms with Crippen LogP contribution in [-0.4, -0.2) is 30.4 Å². The molecule has 0 atom stereocenters. The first kappa shape index (κ1) is 20.2. The van der Waals surface area contributed by atoms with Gasteiger partial charge in [0.1, 0.15) is 16.5 Å². The van der Waals surface area contributed by atoms with E-state index in [1.165, 1.54) is 18.3 Å². The normalized spacial score (nSPS) is 12.2. The predicted octanol–water partition coefficient (Wildman–Crippen LogP) is 3.80. The summed E-state index contributed by atoms with van der Waals surface area (Å²) in [7, 11) is 0. The van der Waals surface area contributed by atoms with Gasteiger partial charge in [-0.3, -0.25) is 14.9 Å². The number of nitrogens with one attached hydrogen (secondary N) is 2. The molecule has 2 aromatic carbocycles. The van der Waals surface area contributed by atoms with Crippen LogP contribution in [0.15, 0.2) is 58.0 Å². The number of hydrogen-bond donors (Lipinski definition) is 2. The molecule has 11 heteroatoms. The Morgan fingerprint density at radius 1 is 1.16 bits per heavy atom. The summed E-state index contributed by atoms with van der Waals surface area (Å²) in [6, 6.07) is 12.9. The van der Waals surface area contributed by atoms with Gasteiger partial charge >= 0.3 is 0 Å². The Labute approximate surface area is 180 Å². The highest BCUT2D eigenvalue weighted by molar-refractivity contribution is 6.32. The van der Waals surface area contributed by atoms with Gasteiger partial charge in [0, 0.05) is 23.4 Å². The van der Waals surface area contributed by atoms with Crippen LogP contribution in [-0.2, 0) is 4.79 Å². The smallest absolute Gasteiger partial charge is 0.288 e. The van der Waals surface area contributed by atoms with Gasteiger partial charge in [0.15, 0.2) is 11.5 Å². The molecule has 1 aliphatic rings. The summed E-state index contributed by atoms with van der Waals surface area (Å²) in [6.07, 6.45) is 1.33. The minimum atomic E-state index is -0.565. The summed E-state index contributed by atoms with van der Waals surface area (Å²) in [6.45, 7) is 0.173. The number of fused-ring (bicyclic) bond motifs is 1. The van der Waals surface area contributed by atoms with Crippen molar-refractivity contribution >= 4 is 35.1 Å². The number of hydrazone groups is 1. The molecule has 1 aliphatic heterocycles. The number of halogens is 1. The highest BCUT2D eigenvalue weighted by atomic mass is 35.5.